The van der Waals surface area contributed by atoms with Gasteiger partial charge in [-0.2, -0.15) is 4.98 Å². The van der Waals surface area contributed by atoms with Gasteiger partial charge in [0.15, 0.2) is 5.82 Å². The first-order valence-corrected chi connectivity index (χ1v) is 7.27. The molecule has 1 aliphatic heterocycles. The number of nitrogens with one attached hydrogen (secondary N) is 1. The van der Waals surface area contributed by atoms with Crippen molar-refractivity contribution >= 4 is 23.7 Å². The zero-order valence-corrected chi connectivity index (χ0v) is 12.5. The molecule has 0 aliphatic carbocycles. The monoisotopic (exact) mass is 299 g/mol. The highest BCUT2D eigenvalue weighted by Crippen LogP contribution is 2.26. The minimum atomic E-state index is 0. The summed E-state index contributed by atoms with van der Waals surface area (Å²) < 4.78 is 5.42. The van der Waals surface area contributed by atoms with Crippen molar-refractivity contribution < 1.29 is 4.52 Å². The molecule has 2 aromatic heterocycles. The zero-order valence-electron chi connectivity index (χ0n) is 10.8. The molecule has 1 N–H and O–H groups in total. The SMILES string of the molecule is C[C@H]1C[C@@H](c2nc(Cc3cccs3)no2)CCN1.Cl. The van der Waals surface area contributed by atoms with Gasteiger partial charge in [-0.3, -0.25) is 0 Å². The molecule has 0 spiro atoms. The number of halogens is 1. The fraction of sp³-hybridized carbons (Fsp3) is 0.538. The molecule has 1 aliphatic rings. The maximum Gasteiger partial charge on any atom is 0.229 e. The van der Waals surface area contributed by atoms with E-state index in [4.69, 9.17) is 4.52 Å². The molecule has 3 heterocycles. The van der Waals surface area contributed by atoms with Gasteiger partial charge in [0.05, 0.1) is 0 Å². The van der Waals surface area contributed by atoms with E-state index in [9.17, 15) is 0 Å². The molecule has 0 bridgehead atoms. The topological polar surface area (TPSA) is 51.0 Å². The van der Waals surface area contributed by atoms with E-state index in [0.29, 0.717) is 12.0 Å². The molecule has 0 radical (unpaired) electrons. The Balaban J connectivity index is 0.00000133. The summed E-state index contributed by atoms with van der Waals surface area (Å²) in [5, 5.41) is 9.60. The van der Waals surface area contributed by atoms with Crippen LogP contribution in [0.25, 0.3) is 0 Å². The van der Waals surface area contributed by atoms with E-state index >= 15 is 0 Å². The molecule has 2 atom stereocenters. The lowest BCUT2D eigenvalue weighted by atomic mass is 9.93. The van der Waals surface area contributed by atoms with E-state index in [-0.39, 0.29) is 12.4 Å². The predicted octanol–water partition coefficient (Wildman–Crippen LogP) is 3.00. The Morgan fingerprint density at radius 3 is 3.16 bits per heavy atom. The molecule has 0 saturated carbocycles. The molecule has 4 nitrogen and oxygen atoms in total. The molecule has 6 heteroatoms. The van der Waals surface area contributed by atoms with Crippen LogP contribution >= 0.6 is 23.7 Å². The van der Waals surface area contributed by atoms with Gasteiger partial charge in [0.25, 0.3) is 0 Å². The van der Waals surface area contributed by atoms with Crippen molar-refractivity contribution in [2.24, 2.45) is 0 Å². The summed E-state index contributed by atoms with van der Waals surface area (Å²) in [7, 11) is 0. The second-order valence-electron chi connectivity index (χ2n) is 4.88. The molecule has 1 fully saturated rings. The summed E-state index contributed by atoms with van der Waals surface area (Å²) in [6, 6.07) is 4.69. The van der Waals surface area contributed by atoms with Gasteiger partial charge in [-0.1, -0.05) is 11.2 Å². The Kier molecular flexibility index (Phi) is 4.96. The quantitative estimate of drug-likeness (QED) is 0.946. The van der Waals surface area contributed by atoms with Crippen molar-refractivity contribution in [3.05, 3.63) is 34.1 Å². The van der Waals surface area contributed by atoms with Crippen LogP contribution in [-0.4, -0.2) is 22.7 Å². The lowest BCUT2D eigenvalue weighted by Gasteiger charge is -2.25. The van der Waals surface area contributed by atoms with Crippen LogP contribution in [0.5, 0.6) is 0 Å². The van der Waals surface area contributed by atoms with Gasteiger partial charge in [-0.25, -0.2) is 0 Å². The lowest BCUT2D eigenvalue weighted by Crippen LogP contribution is -2.34. The van der Waals surface area contributed by atoms with Crippen LogP contribution < -0.4 is 5.32 Å². The maximum absolute atomic E-state index is 5.42. The van der Waals surface area contributed by atoms with Crippen LogP contribution in [0.4, 0.5) is 0 Å². The molecule has 0 aromatic carbocycles. The molecular formula is C13H18ClN3OS. The van der Waals surface area contributed by atoms with Crippen molar-refractivity contribution in [3.8, 4) is 0 Å². The Labute approximate surface area is 123 Å². The smallest absolute Gasteiger partial charge is 0.229 e. The summed E-state index contributed by atoms with van der Waals surface area (Å²) in [5.74, 6) is 2.04. The average Bonchev–Trinajstić information content (AvgIpc) is 3.01. The van der Waals surface area contributed by atoms with E-state index in [1.54, 1.807) is 11.3 Å². The average molecular weight is 300 g/mol. The van der Waals surface area contributed by atoms with Gasteiger partial charge in [-0.05, 0) is 37.8 Å². The molecule has 3 rings (SSSR count). The van der Waals surface area contributed by atoms with Crippen LogP contribution in [0.2, 0.25) is 0 Å². The Morgan fingerprint density at radius 1 is 1.53 bits per heavy atom. The lowest BCUT2D eigenvalue weighted by molar-refractivity contribution is 0.294. The van der Waals surface area contributed by atoms with E-state index in [1.165, 1.54) is 4.88 Å². The summed E-state index contributed by atoms with van der Waals surface area (Å²) in [6.07, 6.45) is 2.95. The van der Waals surface area contributed by atoms with Crippen LogP contribution in [0.3, 0.4) is 0 Å². The Bertz CT molecular complexity index is 500. The summed E-state index contributed by atoms with van der Waals surface area (Å²) in [5.41, 5.74) is 0. The Hall–Kier alpha value is -0.910. The third kappa shape index (κ3) is 3.55. The molecule has 104 valence electrons. The second-order valence-corrected chi connectivity index (χ2v) is 5.91. The van der Waals surface area contributed by atoms with E-state index in [0.717, 1.165) is 37.5 Å². The zero-order chi connectivity index (χ0) is 12.4. The third-order valence-electron chi connectivity index (χ3n) is 3.37. The van der Waals surface area contributed by atoms with E-state index in [1.807, 2.05) is 0 Å². The van der Waals surface area contributed by atoms with Gasteiger partial charge in [0.1, 0.15) is 0 Å². The third-order valence-corrected chi connectivity index (χ3v) is 4.25. The highest BCUT2D eigenvalue weighted by molar-refractivity contribution is 7.09. The molecule has 1 saturated heterocycles. The predicted molar refractivity (Wildman–Crippen MR) is 78.1 cm³/mol. The number of piperidine rings is 1. The van der Waals surface area contributed by atoms with Gasteiger partial charge in [-0.15, -0.1) is 23.7 Å². The highest BCUT2D eigenvalue weighted by Gasteiger charge is 2.24. The fourth-order valence-electron chi connectivity index (χ4n) is 2.43. The fourth-order valence-corrected chi connectivity index (χ4v) is 3.13. The maximum atomic E-state index is 5.42. The molecule has 0 unspecified atom stereocenters. The largest absolute Gasteiger partial charge is 0.339 e. The highest BCUT2D eigenvalue weighted by atomic mass is 35.5. The summed E-state index contributed by atoms with van der Waals surface area (Å²) in [4.78, 5) is 5.82. The van der Waals surface area contributed by atoms with Crippen LogP contribution in [0.1, 0.15) is 42.3 Å². The second kappa shape index (κ2) is 6.50. The minimum Gasteiger partial charge on any atom is -0.339 e. The first-order valence-electron chi connectivity index (χ1n) is 6.39. The standard InChI is InChI=1S/C13H17N3OS.ClH/c1-9-7-10(4-5-14-9)13-15-12(16-17-13)8-11-3-2-6-18-11;/h2-3,6,9-10,14H,4-5,7-8H2,1H3;1H/t9-,10-;/m0./s1. The van der Waals surface area contributed by atoms with Gasteiger partial charge in [0.2, 0.25) is 5.89 Å². The molecule has 0 amide bonds. The minimum absolute atomic E-state index is 0. The normalized spacial score (nSPS) is 23.0. The van der Waals surface area contributed by atoms with Crippen molar-refractivity contribution in [1.82, 2.24) is 15.5 Å². The first kappa shape index (κ1) is 14.5. The number of thiophene rings is 1. The van der Waals surface area contributed by atoms with Crippen molar-refractivity contribution in [1.29, 1.82) is 0 Å². The van der Waals surface area contributed by atoms with Crippen molar-refractivity contribution in [3.63, 3.8) is 0 Å². The Morgan fingerprint density at radius 2 is 2.42 bits per heavy atom. The number of rotatable bonds is 3. The number of aromatic nitrogens is 2. The number of hydrogen-bond donors (Lipinski definition) is 1. The van der Waals surface area contributed by atoms with Crippen LogP contribution in [-0.2, 0) is 6.42 Å². The van der Waals surface area contributed by atoms with Gasteiger partial charge in [0, 0.05) is 23.3 Å². The molecule has 19 heavy (non-hydrogen) atoms. The van der Waals surface area contributed by atoms with E-state index in [2.05, 4.69) is 39.9 Å². The van der Waals surface area contributed by atoms with Gasteiger partial charge >= 0.3 is 0 Å². The van der Waals surface area contributed by atoms with Crippen LogP contribution in [0, 0.1) is 0 Å². The number of nitrogens with zero attached hydrogens (tertiary/aromatic N) is 2. The summed E-state index contributed by atoms with van der Waals surface area (Å²) in [6.45, 7) is 3.24. The number of hydrogen-bond acceptors (Lipinski definition) is 5. The van der Waals surface area contributed by atoms with Crippen LogP contribution in [0.15, 0.2) is 22.0 Å². The van der Waals surface area contributed by atoms with E-state index < -0.39 is 0 Å². The van der Waals surface area contributed by atoms with Crippen molar-refractivity contribution in [2.45, 2.75) is 38.1 Å². The van der Waals surface area contributed by atoms with Gasteiger partial charge < -0.3 is 9.84 Å². The first-order chi connectivity index (χ1) is 8.81. The van der Waals surface area contributed by atoms with Crippen molar-refractivity contribution in [2.75, 3.05) is 6.54 Å². The summed E-state index contributed by atoms with van der Waals surface area (Å²) >= 11 is 1.73. The molecule has 2 aromatic rings. The molecular weight excluding hydrogens is 282 g/mol.